The summed E-state index contributed by atoms with van der Waals surface area (Å²) in [6.45, 7) is 14.8. The summed E-state index contributed by atoms with van der Waals surface area (Å²) >= 11 is 0. The van der Waals surface area contributed by atoms with E-state index < -0.39 is 7.26 Å². The lowest BCUT2D eigenvalue weighted by atomic mass is 10.0. The van der Waals surface area contributed by atoms with Crippen LogP contribution >= 0.6 is 7.26 Å². The van der Waals surface area contributed by atoms with Crippen LogP contribution in [0.25, 0.3) is 0 Å². The summed E-state index contributed by atoms with van der Waals surface area (Å²) in [5, 5.41) is 0. The highest BCUT2D eigenvalue weighted by molar-refractivity contribution is 7.75. The molecule has 6 heteroatoms. The number of unbranched alkanes of at least 4 members (excludes halogenated alkanes) is 4. The van der Waals surface area contributed by atoms with Crippen molar-refractivity contribution >= 4 is 18.8 Å². The Balaban J connectivity index is 0.000000191. The van der Waals surface area contributed by atoms with Crippen LogP contribution in [0.3, 0.4) is 0 Å². The zero-order valence-electron chi connectivity index (χ0n) is 22.4. The van der Waals surface area contributed by atoms with Crippen LogP contribution in [-0.4, -0.2) is 90.2 Å². The summed E-state index contributed by atoms with van der Waals surface area (Å²) in [5.41, 5.74) is 1.89. The van der Waals surface area contributed by atoms with Crippen molar-refractivity contribution in [1.82, 2.24) is 14.7 Å². The smallest absolute Gasteiger partial charge is 0.227 e. The standard InChI is InChI=1S/C16H36P.C12H13N3O2/c1-5-9-13-17(14-10-6-2,15-11-7-3)16-12-8-4;16-9-7-8(13-1-2-13)12(17)11(15-5-6-15)10(9)14-3-4-14/h5-16H2,1-4H3;7H,1-6H2/q+1;. The first-order valence-corrected chi connectivity index (χ1v) is 16.7. The number of Topliss-reactive ketones (excluding diaryl/α,β-unsaturated/α-hetero) is 1. The summed E-state index contributed by atoms with van der Waals surface area (Å²) in [6.07, 6.45) is 19.5. The molecule has 1 aliphatic carbocycles. The Morgan fingerprint density at radius 1 is 0.618 bits per heavy atom. The number of hydrogen-bond acceptors (Lipinski definition) is 5. The molecule has 0 aromatic rings. The molecule has 0 radical (unpaired) electrons. The highest BCUT2D eigenvalue weighted by Gasteiger charge is 2.43. The van der Waals surface area contributed by atoms with Gasteiger partial charge in [-0.05, 0) is 25.7 Å². The maximum atomic E-state index is 12.4. The predicted octanol–water partition coefficient (Wildman–Crippen LogP) is 5.38. The van der Waals surface area contributed by atoms with Gasteiger partial charge in [0, 0.05) is 52.6 Å². The number of ketones is 2. The van der Waals surface area contributed by atoms with E-state index in [9.17, 15) is 9.59 Å². The summed E-state index contributed by atoms with van der Waals surface area (Å²) in [5.74, 6) is 0.0485. The quantitative estimate of drug-likeness (QED) is 0.175. The van der Waals surface area contributed by atoms with Gasteiger partial charge in [0.25, 0.3) is 0 Å². The van der Waals surface area contributed by atoms with Crippen LogP contribution in [0.2, 0.25) is 0 Å². The minimum atomic E-state index is -0.562. The monoisotopic (exact) mass is 490 g/mol. The molecule has 3 heterocycles. The fraction of sp³-hybridized carbons (Fsp3) is 0.786. The summed E-state index contributed by atoms with van der Waals surface area (Å²) in [7, 11) is -0.562. The predicted molar refractivity (Wildman–Crippen MR) is 146 cm³/mol. The van der Waals surface area contributed by atoms with Gasteiger partial charge >= 0.3 is 0 Å². The normalized spacial score (nSPS) is 19.3. The van der Waals surface area contributed by atoms with Crippen LogP contribution in [0.1, 0.15) is 79.1 Å². The van der Waals surface area contributed by atoms with Crippen LogP contribution in [-0.2, 0) is 9.59 Å². The van der Waals surface area contributed by atoms with E-state index in [1.54, 1.807) is 24.6 Å². The molecule has 0 aromatic carbocycles. The number of carbonyl (C=O) groups is 2. The van der Waals surface area contributed by atoms with Gasteiger partial charge in [0.2, 0.25) is 11.6 Å². The van der Waals surface area contributed by atoms with Gasteiger partial charge in [0.1, 0.15) is 11.4 Å². The third-order valence-electron chi connectivity index (χ3n) is 7.43. The van der Waals surface area contributed by atoms with Crippen molar-refractivity contribution in [2.75, 3.05) is 63.9 Å². The minimum Gasteiger partial charge on any atom is -0.365 e. The summed E-state index contributed by atoms with van der Waals surface area (Å²) in [6, 6.07) is 0. The van der Waals surface area contributed by atoms with Crippen LogP contribution < -0.4 is 0 Å². The van der Waals surface area contributed by atoms with Crippen LogP contribution in [0.4, 0.5) is 0 Å². The molecule has 0 amide bonds. The molecule has 0 atom stereocenters. The Morgan fingerprint density at radius 2 is 1.00 bits per heavy atom. The molecule has 4 rings (SSSR count). The summed E-state index contributed by atoms with van der Waals surface area (Å²) < 4.78 is 0. The van der Waals surface area contributed by atoms with Crippen molar-refractivity contribution in [2.45, 2.75) is 79.1 Å². The van der Waals surface area contributed by atoms with E-state index in [0.717, 1.165) is 39.3 Å². The van der Waals surface area contributed by atoms with Crippen molar-refractivity contribution < 1.29 is 9.59 Å². The van der Waals surface area contributed by atoms with Crippen molar-refractivity contribution in [2.24, 2.45) is 0 Å². The van der Waals surface area contributed by atoms with Crippen molar-refractivity contribution in [3.8, 4) is 0 Å². The van der Waals surface area contributed by atoms with E-state index in [2.05, 4.69) is 27.7 Å². The highest BCUT2D eigenvalue weighted by Crippen LogP contribution is 2.61. The SMILES string of the molecule is CCCC[P+](CCCC)(CCCC)CCCC.O=C1C=C(N2CC2)C(=O)C(N2CC2)=C1N1CC1. The highest BCUT2D eigenvalue weighted by atomic mass is 31.2. The van der Waals surface area contributed by atoms with Crippen molar-refractivity contribution in [3.63, 3.8) is 0 Å². The lowest BCUT2D eigenvalue weighted by molar-refractivity contribution is -0.117. The molecule has 0 spiro atoms. The lowest BCUT2D eigenvalue weighted by Crippen LogP contribution is -2.29. The summed E-state index contributed by atoms with van der Waals surface area (Å²) in [4.78, 5) is 30.5. The number of hydrogen-bond donors (Lipinski definition) is 0. The molecule has 0 aromatic heterocycles. The van der Waals surface area contributed by atoms with Gasteiger partial charge < -0.3 is 14.7 Å². The van der Waals surface area contributed by atoms with Gasteiger partial charge in [0.05, 0.1) is 30.3 Å². The van der Waals surface area contributed by atoms with E-state index >= 15 is 0 Å². The van der Waals surface area contributed by atoms with Gasteiger partial charge in [0.15, 0.2) is 0 Å². The first-order valence-electron chi connectivity index (χ1n) is 14.1. The average molecular weight is 491 g/mol. The Hall–Kier alpha value is -1.35. The minimum absolute atomic E-state index is 0.00546. The van der Waals surface area contributed by atoms with E-state index in [-0.39, 0.29) is 11.6 Å². The Labute approximate surface area is 209 Å². The molecule has 5 nitrogen and oxygen atoms in total. The molecular weight excluding hydrogens is 441 g/mol. The molecule has 3 fully saturated rings. The van der Waals surface area contributed by atoms with Gasteiger partial charge in [-0.2, -0.15) is 0 Å². The molecule has 34 heavy (non-hydrogen) atoms. The molecule has 4 aliphatic rings. The van der Waals surface area contributed by atoms with E-state index in [1.165, 1.54) is 57.4 Å². The largest absolute Gasteiger partial charge is 0.365 e. The topological polar surface area (TPSA) is 43.2 Å². The second-order valence-electron chi connectivity index (χ2n) is 10.5. The van der Waals surface area contributed by atoms with Crippen molar-refractivity contribution in [1.29, 1.82) is 0 Å². The lowest BCUT2D eigenvalue weighted by Gasteiger charge is -2.28. The Morgan fingerprint density at radius 3 is 1.35 bits per heavy atom. The van der Waals surface area contributed by atoms with Crippen LogP contribution in [0.5, 0.6) is 0 Å². The fourth-order valence-corrected chi connectivity index (χ4v) is 10.2. The van der Waals surface area contributed by atoms with E-state index in [4.69, 9.17) is 0 Å². The van der Waals surface area contributed by atoms with Crippen molar-refractivity contribution in [3.05, 3.63) is 23.2 Å². The number of carbonyl (C=O) groups excluding carboxylic acids is 2. The van der Waals surface area contributed by atoms with Crippen LogP contribution in [0, 0.1) is 0 Å². The molecule has 3 saturated heterocycles. The molecule has 0 bridgehead atoms. The van der Waals surface area contributed by atoms with Gasteiger partial charge in [-0.15, -0.1) is 0 Å². The average Bonchev–Trinajstić information content (AvgIpc) is 3.68. The van der Waals surface area contributed by atoms with Gasteiger partial charge in [-0.3, -0.25) is 9.59 Å². The molecule has 0 N–H and O–H groups in total. The molecule has 192 valence electrons. The second-order valence-corrected chi connectivity index (χ2v) is 15.0. The van der Waals surface area contributed by atoms with E-state index in [1.807, 2.05) is 14.7 Å². The van der Waals surface area contributed by atoms with Crippen LogP contribution in [0.15, 0.2) is 23.2 Å². The molecule has 0 unspecified atom stereocenters. The number of rotatable bonds is 15. The van der Waals surface area contributed by atoms with Gasteiger partial charge in [-0.1, -0.05) is 53.4 Å². The first-order chi connectivity index (χ1) is 16.5. The number of allylic oxidation sites excluding steroid dienone is 1. The third-order valence-corrected chi connectivity index (χ3v) is 12.5. The maximum absolute atomic E-state index is 12.4. The van der Waals surface area contributed by atoms with Gasteiger partial charge in [-0.25, -0.2) is 0 Å². The Bertz CT molecular complexity index is 726. The zero-order chi connectivity index (χ0) is 24.6. The molecule has 0 saturated carbocycles. The third kappa shape index (κ3) is 7.57. The fourth-order valence-electron chi connectivity index (χ4n) is 4.92. The zero-order valence-corrected chi connectivity index (χ0v) is 23.3. The molecule has 3 aliphatic heterocycles. The number of nitrogens with zero attached hydrogens (tertiary/aromatic N) is 3. The Kier molecular flexibility index (Phi) is 10.5. The maximum Gasteiger partial charge on any atom is 0.227 e. The first kappa shape index (κ1) is 27.2. The second kappa shape index (κ2) is 13.1. The van der Waals surface area contributed by atoms with E-state index in [0.29, 0.717) is 17.1 Å². The molecular formula is C28H49N3O2P+.